The van der Waals surface area contributed by atoms with E-state index in [0.29, 0.717) is 6.07 Å². The predicted octanol–water partition coefficient (Wildman–Crippen LogP) is 1.10. The summed E-state index contributed by atoms with van der Waals surface area (Å²) in [5.41, 5.74) is -2.40. The van der Waals surface area contributed by atoms with E-state index in [2.05, 4.69) is 4.74 Å². The zero-order chi connectivity index (χ0) is 13.8. The molecular weight excluding hydrogens is 246 g/mol. The van der Waals surface area contributed by atoms with Crippen molar-refractivity contribution in [1.82, 2.24) is 0 Å². The Bertz CT molecular complexity index is 436. The van der Waals surface area contributed by atoms with Crippen LogP contribution in [0.4, 0.5) is 8.78 Å². The number of aliphatic hydroxyl groups is 2. The number of hydrogen-bond donors (Lipinski definition) is 2. The van der Waals surface area contributed by atoms with Crippen LogP contribution in [-0.2, 0) is 15.1 Å². The first kappa shape index (κ1) is 14.5. The van der Waals surface area contributed by atoms with Gasteiger partial charge in [-0.25, -0.2) is 8.78 Å². The number of benzene rings is 1. The van der Waals surface area contributed by atoms with Gasteiger partial charge in [-0.1, -0.05) is 13.0 Å². The van der Waals surface area contributed by atoms with Gasteiger partial charge in [0.15, 0.2) is 0 Å². The maximum Gasteiger partial charge on any atom is 0.305 e. The van der Waals surface area contributed by atoms with Crippen molar-refractivity contribution in [2.24, 2.45) is 0 Å². The maximum atomic E-state index is 13.5. The molecule has 1 atom stereocenters. The third-order valence-corrected chi connectivity index (χ3v) is 2.45. The second-order valence-electron chi connectivity index (χ2n) is 3.83. The summed E-state index contributed by atoms with van der Waals surface area (Å²) in [5, 5.41) is 19.1. The highest BCUT2D eigenvalue weighted by molar-refractivity contribution is 5.68. The molecule has 0 amide bonds. The van der Waals surface area contributed by atoms with Crippen LogP contribution in [0.15, 0.2) is 18.2 Å². The van der Waals surface area contributed by atoms with E-state index in [1.165, 1.54) is 0 Å². The minimum atomic E-state index is -2.08. The Morgan fingerprint density at radius 3 is 2.61 bits per heavy atom. The summed E-state index contributed by atoms with van der Waals surface area (Å²) in [7, 11) is 0. The molecule has 1 rings (SSSR count). The molecule has 0 saturated heterocycles. The summed E-state index contributed by atoms with van der Waals surface area (Å²) in [6.07, 6.45) is 0.0907. The molecule has 0 aliphatic carbocycles. The lowest BCUT2D eigenvalue weighted by atomic mass is 9.95. The smallest absolute Gasteiger partial charge is 0.305 e. The first-order valence-corrected chi connectivity index (χ1v) is 5.37. The van der Waals surface area contributed by atoms with Gasteiger partial charge >= 0.3 is 5.97 Å². The van der Waals surface area contributed by atoms with Gasteiger partial charge in [0.25, 0.3) is 0 Å². The van der Waals surface area contributed by atoms with Gasteiger partial charge < -0.3 is 14.9 Å². The number of hydrogen-bond acceptors (Lipinski definition) is 4. The van der Waals surface area contributed by atoms with Gasteiger partial charge in [-0.05, 0) is 6.07 Å². The predicted molar refractivity (Wildman–Crippen MR) is 58.6 cm³/mol. The van der Waals surface area contributed by atoms with Gasteiger partial charge in [0.2, 0.25) is 0 Å². The summed E-state index contributed by atoms with van der Waals surface area (Å²) in [4.78, 5) is 11.0. The summed E-state index contributed by atoms with van der Waals surface area (Å²) in [5.74, 6) is -2.41. The largest absolute Gasteiger partial charge is 0.462 e. The topological polar surface area (TPSA) is 66.8 Å². The Morgan fingerprint density at radius 1 is 1.44 bits per heavy atom. The standard InChI is InChI=1S/C12H14F2O4/c1-2-11(16)18-7-12(17,6-15)9-4-3-8(13)5-10(9)14/h3-5,15,17H,2,6-7H2,1H3. The van der Waals surface area contributed by atoms with Crippen LogP contribution in [0.2, 0.25) is 0 Å². The van der Waals surface area contributed by atoms with Crippen molar-refractivity contribution < 1.29 is 28.5 Å². The number of rotatable bonds is 5. The third kappa shape index (κ3) is 3.24. The Kier molecular flexibility index (Phi) is 4.75. The molecule has 0 saturated carbocycles. The fourth-order valence-corrected chi connectivity index (χ4v) is 1.38. The van der Waals surface area contributed by atoms with E-state index in [9.17, 15) is 18.7 Å². The molecule has 0 spiro atoms. The van der Waals surface area contributed by atoms with Crippen molar-refractivity contribution in [3.63, 3.8) is 0 Å². The molecule has 0 aliphatic heterocycles. The lowest BCUT2D eigenvalue weighted by Gasteiger charge is -2.26. The summed E-state index contributed by atoms with van der Waals surface area (Å²) in [6.45, 7) is 0.101. The lowest BCUT2D eigenvalue weighted by molar-refractivity contribution is -0.154. The molecule has 2 N–H and O–H groups in total. The average molecular weight is 260 g/mol. The SMILES string of the molecule is CCC(=O)OCC(O)(CO)c1ccc(F)cc1F. The Balaban J connectivity index is 2.95. The molecule has 0 aliphatic rings. The highest BCUT2D eigenvalue weighted by Crippen LogP contribution is 2.24. The lowest BCUT2D eigenvalue weighted by Crippen LogP contribution is -2.37. The molecule has 6 heteroatoms. The minimum absolute atomic E-state index is 0.0907. The first-order valence-electron chi connectivity index (χ1n) is 5.37. The van der Waals surface area contributed by atoms with Crippen LogP contribution in [-0.4, -0.2) is 29.4 Å². The van der Waals surface area contributed by atoms with E-state index >= 15 is 0 Å². The van der Waals surface area contributed by atoms with Gasteiger partial charge in [0.05, 0.1) is 6.61 Å². The molecule has 0 radical (unpaired) electrons. The normalized spacial score (nSPS) is 14.1. The van der Waals surface area contributed by atoms with Crippen molar-refractivity contribution >= 4 is 5.97 Å². The minimum Gasteiger partial charge on any atom is -0.462 e. The van der Waals surface area contributed by atoms with Gasteiger partial charge in [-0.15, -0.1) is 0 Å². The quantitative estimate of drug-likeness (QED) is 0.778. The first-order chi connectivity index (χ1) is 8.42. The van der Waals surface area contributed by atoms with Crippen molar-refractivity contribution in [1.29, 1.82) is 0 Å². The van der Waals surface area contributed by atoms with Crippen LogP contribution < -0.4 is 0 Å². The van der Waals surface area contributed by atoms with Gasteiger partial charge in [-0.2, -0.15) is 0 Å². The van der Waals surface area contributed by atoms with Gasteiger partial charge in [0.1, 0.15) is 23.8 Å². The highest BCUT2D eigenvalue weighted by atomic mass is 19.1. The highest BCUT2D eigenvalue weighted by Gasteiger charge is 2.33. The van der Waals surface area contributed by atoms with E-state index in [0.717, 1.165) is 12.1 Å². The Hall–Kier alpha value is -1.53. The second kappa shape index (κ2) is 5.88. The molecule has 18 heavy (non-hydrogen) atoms. The third-order valence-electron chi connectivity index (χ3n) is 2.45. The summed E-state index contributed by atoms with van der Waals surface area (Å²) >= 11 is 0. The summed E-state index contributed by atoms with van der Waals surface area (Å²) < 4.78 is 30.9. The van der Waals surface area contributed by atoms with Crippen LogP contribution in [0.25, 0.3) is 0 Å². The van der Waals surface area contributed by atoms with Gasteiger partial charge in [0, 0.05) is 18.1 Å². The molecule has 100 valence electrons. The van der Waals surface area contributed by atoms with Crippen molar-refractivity contribution in [3.05, 3.63) is 35.4 Å². The van der Waals surface area contributed by atoms with E-state index < -0.39 is 36.4 Å². The van der Waals surface area contributed by atoms with E-state index in [1.54, 1.807) is 6.92 Å². The average Bonchev–Trinajstić information content (AvgIpc) is 2.35. The molecule has 0 bridgehead atoms. The monoisotopic (exact) mass is 260 g/mol. The number of carbonyl (C=O) groups is 1. The van der Waals surface area contributed by atoms with Crippen LogP contribution in [0.3, 0.4) is 0 Å². The van der Waals surface area contributed by atoms with Crippen LogP contribution in [0.1, 0.15) is 18.9 Å². The van der Waals surface area contributed by atoms with E-state index in [4.69, 9.17) is 5.11 Å². The van der Waals surface area contributed by atoms with Crippen molar-refractivity contribution in [2.45, 2.75) is 18.9 Å². The molecule has 1 aromatic carbocycles. The van der Waals surface area contributed by atoms with E-state index in [-0.39, 0.29) is 12.0 Å². The number of carbonyl (C=O) groups excluding carboxylic acids is 1. The Labute approximate surface area is 103 Å². The fourth-order valence-electron chi connectivity index (χ4n) is 1.38. The molecule has 1 unspecified atom stereocenters. The molecule has 1 aromatic rings. The number of esters is 1. The molecule has 4 nitrogen and oxygen atoms in total. The Morgan fingerprint density at radius 2 is 2.11 bits per heavy atom. The molecule has 0 aromatic heterocycles. The summed E-state index contributed by atoms with van der Waals surface area (Å²) in [6, 6.07) is 2.53. The number of ether oxygens (including phenoxy) is 1. The van der Waals surface area contributed by atoms with Crippen LogP contribution in [0, 0.1) is 11.6 Å². The van der Waals surface area contributed by atoms with E-state index in [1.807, 2.05) is 0 Å². The van der Waals surface area contributed by atoms with Gasteiger partial charge in [-0.3, -0.25) is 4.79 Å². The van der Waals surface area contributed by atoms with Crippen LogP contribution >= 0.6 is 0 Å². The molecule has 0 heterocycles. The molecule has 0 fully saturated rings. The fraction of sp³-hybridized carbons (Fsp3) is 0.417. The zero-order valence-corrected chi connectivity index (χ0v) is 9.82. The number of aliphatic hydroxyl groups excluding tert-OH is 1. The second-order valence-corrected chi connectivity index (χ2v) is 3.83. The number of halogens is 2. The van der Waals surface area contributed by atoms with Crippen molar-refractivity contribution in [2.75, 3.05) is 13.2 Å². The zero-order valence-electron chi connectivity index (χ0n) is 9.82. The van der Waals surface area contributed by atoms with Crippen LogP contribution in [0.5, 0.6) is 0 Å². The molecular formula is C12H14F2O4. The maximum absolute atomic E-state index is 13.5. The van der Waals surface area contributed by atoms with Crippen molar-refractivity contribution in [3.8, 4) is 0 Å².